The van der Waals surface area contributed by atoms with Gasteiger partial charge < -0.3 is 15.0 Å². The Balaban J connectivity index is 1.59. The van der Waals surface area contributed by atoms with Gasteiger partial charge in [-0.05, 0) is 32.9 Å². The van der Waals surface area contributed by atoms with Crippen LogP contribution >= 0.6 is 0 Å². The zero-order chi connectivity index (χ0) is 17.6. The number of ether oxygens (including phenoxy) is 1. The number of morpholine rings is 1. The molecule has 1 amide bonds. The number of fused-ring (bicyclic) bond motifs is 1. The maximum absolute atomic E-state index is 12.9. The van der Waals surface area contributed by atoms with Crippen LogP contribution in [0.15, 0.2) is 6.07 Å². The molecule has 1 unspecified atom stereocenters. The van der Waals surface area contributed by atoms with E-state index in [4.69, 9.17) is 9.72 Å². The van der Waals surface area contributed by atoms with Gasteiger partial charge in [0.15, 0.2) is 5.65 Å². The molecule has 7 heteroatoms. The van der Waals surface area contributed by atoms with Gasteiger partial charge in [0.05, 0.1) is 29.4 Å². The third-order valence-electron chi connectivity index (χ3n) is 5.06. The standard InChI is InChI=1S/C18H25N5O2/c1-11-16-14(18(24)19-9-13-10-22(2)6-7-25-13)8-15(12-4-5-12)20-17(16)23(3)21-11/h8,12-13H,4-7,9-10H2,1-3H3,(H,19,24). The van der Waals surface area contributed by atoms with Gasteiger partial charge in [0.2, 0.25) is 0 Å². The molecule has 2 aliphatic rings. The van der Waals surface area contributed by atoms with Gasteiger partial charge in [-0.2, -0.15) is 5.10 Å². The van der Waals surface area contributed by atoms with Crippen molar-refractivity contribution in [2.45, 2.75) is 31.8 Å². The van der Waals surface area contributed by atoms with E-state index in [1.165, 1.54) is 0 Å². The first-order valence-electron chi connectivity index (χ1n) is 8.95. The van der Waals surface area contributed by atoms with E-state index in [0.29, 0.717) is 24.6 Å². The Morgan fingerprint density at radius 1 is 1.40 bits per heavy atom. The SMILES string of the molecule is Cc1nn(C)c2nc(C3CC3)cc(C(=O)NCC3CN(C)CCO3)c12. The minimum Gasteiger partial charge on any atom is -0.374 e. The highest BCUT2D eigenvalue weighted by Crippen LogP contribution is 2.40. The summed E-state index contributed by atoms with van der Waals surface area (Å²) in [7, 11) is 3.96. The maximum atomic E-state index is 12.9. The van der Waals surface area contributed by atoms with Crippen LogP contribution in [0.1, 0.15) is 40.5 Å². The fourth-order valence-electron chi connectivity index (χ4n) is 3.52. The van der Waals surface area contributed by atoms with E-state index < -0.39 is 0 Å². The van der Waals surface area contributed by atoms with Crippen LogP contribution < -0.4 is 5.32 Å². The van der Waals surface area contributed by atoms with Crippen LogP contribution in [0.25, 0.3) is 11.0 Å². The van der Waals surface area contributed by atoms with E-state index in [-0.39, 0.29) is 12.0 Å². The van der Waals surface area contributed by atoms with Gasteiger partial charge in [-0.15, -0.1) is 0 Å². The van der Waals surface area contributed by atoms with E-state index >= 15 is 0 Å². The number of hydrogen-bond acceptors (Lipinski definition) is 5. The molecule has 1 aliphatic heterocycles. The highest BCUT2D eigenvalue weighted by atomic mass is 16.5. The van der Waals surface area contributed by atoms with Crippen molar-refractivity contribution in [3.8, 4) is 0 Å². The Morgan fingerprint density at radius 3 is 2.92 bits per heavy atom. The number of aromatic nitrogens is 3. The third-order valence-corrected chi connectivity index (χ3v) is 5.06. The van der Waals surface area contributed by atoms with E-state index in [1.54, 1.807) is 4.68 Å². The molecule has 3 heterocycles. The first kappa shape index (κ1) is 16.5. The first-order valence-corrected chi connectivity index (χ1v) is 8.95. The molecule has 4 rings (SSSR count). The number of nitrogens with one attached hydrogen (secondary N) is 1. The number of amides is 1. The number of hydrogen-bond donors (Lipinski definition) is 1. The van der Waals surface area contributed by atoms with Crippen LogP contribution in [0.5, 0.6) is 0 Å². The van der Waals surface area contributed by atoms with Crippen molar-refractivity contribution in [2.75, 3.05) is 33.3 Å². The molecule has 0 radical (unpaired) electrons. The molecule has 7 nitrogen and oxygen atoms in total. The summed E-state index contributed by atoms with van der Waals surface area (Å²) in [4.78, 5) is 19.9. The van der Waals surface area contributed by atoms with Crippen LogP contribution in [0.2, 0.25) is 0 Å². The van der Waals surface area contributed by atoms with Gasteiger partial charge in [-0.25, -0.2) is 4.98 Å². The molecule has 2 aromatic rings. The largest absolute Gasteiger partial charge is 0.374 e. The molecule has 0 aromatic carbocycles. The lowest BCUT2D eigenvalue weighted by atomic mass is 10.1. The fraction of sp³-hybridized carbons (Fsp3) is 0.611. The normalized spacial score (nSPS) is 21.6. The molecule has 1 saturated carbocycles. The zero-order valence-electron chi connectivity index (χ0n) is 15.1. The molecule has 1 atom stereocenters. The molecular weight excluding hydrogens is 318 g/mol. The molecule has 134 valence electrons. The van der Waals surface area contributed by atoms with Crippen LogP contribution in [-0.4, -0.2) is 65.0 Å². The summed E-state index contributed by atoms with van der Waals surface area (Å²) in [5.41, 5.74) is 3.32. The average molecular weight is 343 g/mol. The number of carbonyl (C=O) groups excluding carboxylic acids is 1. The number of aryl methyl sites for hydroxylation is 2. The lowest BCUT2D eigenvalue weighted by molar-refractivity contribution is -0.0174. The zero-order valence-corrected chi connectivity index (χ0v) is 15.1. The maximum Gasteiger partial charge on any atom is 0.252 e. The van der Waals surface area contributed by atoms with Crippen molar-refractivity contribution in [1.29, 1.82) is 0 Å². The lowest BCUT2D eigenvalue weighted by Crippen LogP contribution is -2.45. The highest BCUT2D eigenvalue weighted by molar-refractivity contribution is 6.06. The Bertz CT molecular complexity index is 811. The Morgan fingerprint density at radius 2 is 2.20 bits per heavy atom. The van der Waals surface area contributed by atoms with Crippen molar-refractivity contribution in [3.63, 3.8) is 0 Å². The highest BCUT2D eigenvalue weighted by Gasteiger charge is 2.28. The number of carbonyl (C=O) groups is 1. The topological polar surface area (TPSA) is 72.3 Å². The van der Waals surface area contributed by atoms with E-state index in [1.807, 2.05) is 20.0 Å². The van der Waals surface area contributed by atoms with Gasteiger partial charge in [0.25, 0.3) is 5.91 Å². The van der Waals surface area contributed by atoms with Gasteiger partial charge in [-0.3, -0.25) is 9.48 Å². The summed E-state index contributed by atoms with van der Waals surface area (Å²) in [5.74, 6) is 0.420. The molecule has 1 aliphatic carbocycles. The van der Waals surface area contributed by atoms with Crippen LogP contribution in [0, 0.1) is 6.92 Å². The Hall–Kier alpha value is -1.99. The minimum atomic E-state index is -0.0674. The Labute approximate surface area is 147 Å². The van der Waals surface area contributed by atoms with Crippen molar-refractivity contribution in [2.24, 2.45) is 7.05 Å². The molecule has 1 saturated heterocycles. The van der Waals surface area contributed by atoms with Crippen molar-refractivity contribution in [3.05, 3.63) is 23.0 Å². The quantitative estimate of drug-likeness (QED) is 0.904. The van der Waals surface area contributed by atoms with E-state index in [0.717, 1.165) is 48.4 Å². The summed E-state index contributed by atoms with van der Waals surface area (Å²) in [6.45, 7) is 4.94. The fourth-order valence-corrected chi connectivity index (χ4v) is 3.52. The summed E-state index contributed by atoms with van der Waals surface area (Å²) < 4.78 is 7.51. The van der Waals surface area contributed by atoms with Crippen molar-refractivity contribution < 1.29 is 9.53 Å². The summed E-state index contributed by atoms with van der Waals surface area (Å²) in [5, 5.41) is 8.36. The summed E-state index contributed by atoms with van der Waals surface area (Å²) in [6, 6.07) is 1.96. The predicted molar refractivity (Wildman–Crippen MR) is 94.8 cm³/mol. The molecule has 1 N–H and O–H groups in total. The monoisotopic (exact) mass is 343 g/mol. The van der Waals surface area contributed by atoms with Crippen molar-refractivity contribution >= 4 is 16.9 Å². The second-order valence-electron chi connectivity index (χ2n) is 7.24. The second-order valence-corrected chi connectivity index (χ2v) is 7.24. The van der Waals surface area contributed by atoms with Gasteiger partial charge in [-0.1, -0.05) is 0 Å². The number of nitrogens with zero attached hydrogens (tertiary/aromatic N) is 4. The van der Waals surface area contributed by atoms with Gasteiger partial charge in [0.1, 0.15) is 0 Å². The summed E-state index contributed by atoms with van der Waals surface area (Å²) >= 11 is 0. The number of likely N-dealkylation sites (N-methyl/N-ethyl adjacent to an activating group) is 1. The Kier molecular flexibility index (Phi) is 4.21. The number of pyridine rings is 1. The molecule has 2 aromatic heterocycles. The average Bonchev–Trinajstić information content (AvgIpc) is 3.39. The van der Waals surface area contributed by atoms with Crippen molar-refractivity contribution in [1.82, 2.24) is 25.0 Å². The van der Waals surface area contributed by atoms with E-state index in [9.17, 15) is 4.79 Å². The first-order chi connectivity index (χ1) is 12.0. The van der Waals surface area contributed by atoms with Gasteiger partial charge in [0, 0.05) is 38.3 Å². The molecule has 2 fully saturated rings. The lowest BCUT2D eigenvalue weighted by Gasteiger charge is -2.30. The second kappa shape index (κ2) is 6.38. The predicted octanol–water partition coefficient (Wildman–Crippen LogP) is 1.21. The molecular formula is C18H25N5O2. The van der Waals surface area contributed by atoms with Crippen LogP contribution in [-0.2, 0) is 11.8 Å². The minimum absolute atomic E-state index is 0.0397. The van der Waals surface area contributed by atoms with E-state index in [2.05, 4.69) is 22.4 Å². The smallest absolute Gasteiger partial charge is 0.252 e. The van der Waals surface area contributed by atoms with Crippen LogP contribution in [0.3, 0.4) is 0 Å². The molecule has 0 spiro atoms. The molecule has 0 bridgehead atoms. The van der Waals surface area contributed by atoms with Gasteiger partial charge >= 0.3 is 0 Å². The molecule has 25 heavy (non-hydrogen) atoms. The third kappa shape index (κ3) is 3.26. The summed E-state index contributed by atoms with van der Waals surface area (Å²) in [6.07, 6.45) is 2.34. The van der Waals surface area contributed by atoms with Crippen LogP contribution in [0.4, 0.5) is 0 Å². The number of rotatable bonds is 4.